The molecule has 0 aromatic heterocycles. The fourth-order valence-electron chi connectivity index (χ4n) is 1.52. The van der Waals surface area contributed by atoms with Crippen LogP contribution in [-0.4, -0.2) is 20.6 Å². The fourth-order valence-corrected chi connectivity index (χ4v) is 2.15. The molecule has 0 heterocycles. The second kappa shape index (κ2) is 5.85. The summed E-state index contributed by atoms with van der Waals surface area (Å²) in [5.74, 6) is -1.19. The number of hydrogen-bond donors (Lipinski definition) is 1. The molecule has 1 atom stereocenters. The summed E-state index contributed by atoms with van der Waals surface area (Å²) in [6.45, 7) is 3.58. The average Bonchev–Trinajstić information content (AvgIpc) is 2.28. The molecule has 0 fully saturated rings. The van der Waals surface area contributed by atoms with Gasteiger partial charge in [-0.05, 0) is 30.2 Å². The molecule has 102 valence electrons. The van der Waals surface area contributed by atoms with Crippen molar-refractivity contribution in [3.63, 3.8) is 0 Å². The molecule has 0 aliphatic carbocycles. The zero-order valence-electron chi connectivity index (χ0n) is 11.0. The molecule has 19 heavy (non-hydrogen) atoms. The van der Waals surface area contributed by atoms with Crippen molar-refractivity contribution >= 4 is 21.4 Å². The molecule has 1 aromatic rings. The molecule has 0 bridgehead atoms. The third kappa shape index (κ3) is 4.07. The van der Waals surface area contributed by atoms with Crippen LogP contribution in [-0.2, 0) is 14.6 Å². The molecule has 0 saturated carbocycles. The molecule has 5 nitrogen and oxygen atoms in total. The molecular formula is C13H16N2O3S. The van der Waals surface area contributed by atoms with Gasteiger partial charge < -0.3 is 5.32 Å². The van der Waals surface area contributed by atoms with E-state index in [2.05, 4.69) is 5.32 Å². The summed E-state index contributed by atoms with van der Waals surface area (Å²) in [6.07, 6.45) is 1.12. The van der Waals surface area contributed by atoms with Gasteiger partial charge in [0.25, 0.3) is 0 Å². The monoisotopic (exact) mass is 280 g/mol. The lowest BCUT2D eigenvalue weighted by Crippen LogP contribution is -2.25. The van der Waals surface area contributed by atoms with Gasteiger partial charge in [0.2, 0.25) is 5.91 Å². The highest BCUT2D eigenvalue weighted by Crippen LogP contribution is 2.16. The van der Waals surface area contributed by atoms with E-state index < -0.39 is 15.8 Å². The minimum Gasteiger partial charge on any atom is -0.325 e. The van der Waals surface area contributed by atoms with Crippen LogP contribution in [0.1, 0.15) is 13.8 Å². The largest absolute Gasteiger partial charge is 0.325 e. The van der Waals surface area contributed by atoms with Crippen LogP contribution in [0.2, 0.25) is 0 Å². The molecule has 0 radical (unpaired) electrons. The van der Waals surface area contributed by atoms with E-state index in [0.717, 1.165) is 6.26 Å². The maximum Gasteiger partial charge on any atom is 0.241 e. The van der Waals surface area contributed by atoms with Crippen molar-refractivity contribution < 1.29 is 13.2 Å². The van der Waals surface area contributed by atoms with Crippen LogP contribution >= 0.6 is 0 Å². The smallest absolute Gasteiger partial charge is 0.241 e. The Morgan fingerprint density at radius 1 is 1.26 bits per heavy atom. The van der Waals surface area contributed by atoms with Crippen LogP contribution in [0.4, 0.5) is 5.69 Å². The first kappa shape index (κ1) is 15.2. The SMILES string of the molecule is CC(C)C(C#N)C(=O)Nc1ccc(S(C)(=O)=O)cc1. The van der Waals surface area contributed by atoms with Crippen LogP contribution in [0, 0.1) is 23.2 Å². The lowest BCUT2D eigenvalue weighted by atomic mass is 9.96. The summed E-state index contributed by atoms with van der Waals surface area (Å²) in [5, 5.41) is 11.5. The van der Waals surface area contributed by atoms with E-state index in [1.165, 1.54) is 24.3 Å². The quantitative estimate of drug-likeness (QED) is 0.911. The molecular weight excluding hydrogens is 264 g/mol. The first-order valence-electron chi connectivity index (χ1n) is 5.76. The van der Waals surface area contributed by atoms with Crippen molar-refractivity contribution in [1.29, 1.82) is 5.26 Å². The highest BCUT2D eigenvalue weighted by Gasteiger charge is 2.21. The summed E-state index contributed by atoms with van der Waals surface area (Å²) < 4.78 is 22.6. The zero-order chi connectivity index (χ0) is 14.6. The Balaban J connectivity index is 2.85. The van der Waals surface area contributed by atoms with Gasteiger partial charge in [0, 0.05) is 11.9 Å². The number of carbonyl (C=O) groups is 1. The molecule has 0 aliphatic heterocycles. The van der Waals surface area contributed by atoms with Crippen molar-refractivity contribution in [3.8, 4) is 6.07 Å². The minimum atomic E-state index is -3.25. The number of nitriles is 1. The van der Waals surface area contributed by atoms with E-state index in [1.54, 1.807) is 13.8 Å². The number of nitrogens with one attached hydrogen (secondary N) is 1. The standard InChI is InChI=1S/C13H16N2O3S/c1-9(2)12(8-14)13(16)15-10-4-6-11(7-5-10)19(3,17)18/h4-7,9,12H,1-3H3,(H,15,16). The van der Waals surface area contributed by atoms with Crippen molar-refractivity contribution in [1.82, 2.24) is 0 Å². The molecule has 0 saturated heterocycles. The topological polar surface area (TPSA) is 87.0 Å². The normalized spacial score (nSPS) is 12.8. The van der Waals surface area contributed by atoms with Crippen LogP contribution in [0.5, 0.6) is 0 Å². The molecule has 1 amide bonds. The second-order valence-corrected chi connectivity index (χ2v) is 6.65. The number of carbonyl (C=O) groups excluding carboxylic acids is 1. The van der Waals surface area contributed by atoms with Gasteiger partial charge in [-0.15, -0.1) is 0 Å². The van der Waals surface area contributed by atoms with Gasteiger partial charge in [-0.3, -0.25) is 4.79 Å². The maximum absolute atomic E-state index is 11.8. The summed E-state index contributed by atoms with van der Waals surface area (Å²) >= 11 is 0. The molecule has 0 spiro atoms. The molecule has 1 aromatic carbocycles. The number of amides is 1. The van der Waals surface area contributed by atoms with Gasteiger partial charge in [0.15, 0.2) is 9.84 Å². The Hall–Kier alpha value is -1.87. The van der Waals surface area contributed by atoms with Gasteiger partial charge in [-0.2, -0.15) is 5.26 Å². The lowest BCUT2D eigenvalue weighted by molar-refractivity contribution is -0.119. The van der Waals surface area contributed by atoms with E-state index in [1.807, 2.05) is 6.07 Å². The first-order valence-corrected chi connectivity index (χ1v) is 7.65. The van der Waals surface area contributed by atoms with Gasteiger partial charge in [-0.1, -0.05) is 13.8 Å². The van der Waals surface area contributed by atoms with Crippen molar-refractivity contribution in [2.75, 3.05) is 11.6 Å². The number of sulfone groups is 1. The molecule has 0 aliphatic rings. The van der Waals surface area contributed by atoms with E-state index in [0.29, 0.717) is 5.69 Å². The van der Waals surface area contributed by atoms with Crippen molar-refractivity contribution in [2.24, 2.45) is 11.8 Å². The Labute approximate surface area is 113 Å². The third-order valence-electron chi connectivity index (χ3n) is 2.64. The van der Waals surface area contributed by atoms with Gasteiger partial charge in [-0.25, -0.2) is 8.42 Å². The van der Waals surface area contributed by atoms with E-state index in [4.69, 9.17) is 5.26 Å². The van der Waals surface area contributed by atoms with Crippen LogP contribution in [0.3, 0.4) is 0 Å². The van der Waals surface area contributed by atoms with Crippen molar-refractivity contribution in [3.05, 3.63) is 24.3 Å². The highest BCUT2D eigenvalue weighted by atomic mass is 32.2. The minimum absolute atomic E-state index is 0.0831. The van der Waals surface area contributed by atoms with Crippen LogP contribution in [0.15, 0.2) is 29.2 Å². The van der Waals surface area contributed by atoms with Gasteiger partial charge in [0.1, 0.15) is 5.92 Å². The number of benzene rings is 1. The lowest BCUT2D eigenvalue weighted by Gasteiger charge is -2.13. The maximum atomic E-state index is 11.8. The van der Waals surface area contributed by atoms with E-state index >= 15 is 0 Å². The van der Waals surface area contributed by atoms with Gasteiger partial charge in [0.05, 0.1) is 11.0 Å². The van der Waals surface area contributed by atoms with Crippen LogP contribution < -0.4 is 5.32 Å². The number of nitrogens with zero attached hydrogens (tertiary/aromatic N) is 1. The van der Waals surface area contributed by atoms with Crippen LogP contribution in [0.25, 0.3) is 0 Å². The predicted octanol–water partition coefficient (Wildman–Crippen LogP) is 1.82. The molecule has 1 N–H and O–H groups in total. The van der Waals surface area contributed by atoms with Gasteiger partial charge >= 0.3 is 0 Å². The molecule has 1 rings (SSSR count). The van der Waals surface area contributed by atoms with Crippen molar-refractivity contribution in [2.45, 2.75) is 18.7 Å². The predicted molar refractivity (Wildman–Crippen MR) is 72.1 cm³/mol. The van der Waals surface area contributed by atoms with E-state index in [-0.39, 0.29) is 16.7 Å². The second-order valence-electron chi connectivity index (χ2n) is 4.64. The molecule has 1 unspecified atom stereocenters. The summed E-state index contributed by atoms with van der Waals surface area (Å²) in [6, 6.07) is 7.79. The highest BCUT2D eigenvalue weighted by molar-refractivity contribution is 7.90. The number of hydrogen-bond acceptors (Lipinski definition) is 4. The fraction of sp³-hybridized carbons (Fsp3) is 0.385. The summed E-state index contributed by atoms with van der Waals surface area (Å²) in [7, 11) is -3.25. The number of rotatable bonds is 4. The summed E-state index contributed by atoms with van der Waals surface area (Å²) in [4.78, 5) is 12.0. The zero-order valence-corrected chi connectivity index (χ0v) is 11.9. The number of anilines is 1. The van der Waals surface area contributed by atoms with E-state index in [9.17, 15) is 13.2 Å². The average molecular weight is 280 g/mol. The Morgan fingerprint density at radius 2 is 1.79 bits per heavy atom. The first-order chi connectivity index (χ1) is 8.75. The Bertz CT molecular complexity index is 598. The Kier molecular flexibility index (Phi) is 4.67. The Morgan fingerprint density at radius 3 is 2.16 bits per heavy atom. The summed E-state index contributed by atoms with van der Waals surface area (Å²) in [5.41, 5.74) is 0.471. The third-order valence-corrected chi connectivity index (χ3v) is 3.77. The molecule has 6 heteroatoms.